The number of aromatic nitrogens is 3. The van der Waals surface area contributed by atoms with Gasteiger partial charge in [0, 0.05) is 10.0 Å². The third-order valence-corrected chi connectivity index (χ3v) is 5.33. The van der Waals surface area contributed by atoms with Crippen molar-refractivity contribution in [1.29, 1.82) is 0 Å². The van der Waals surface area contributed by atoms with Crippen LogP contribution >= 0.6 is 15.9 Å². The van der Waals surface area contributed by atoms with Gasteiger partial charge in [0.25, 0.3) is 10.0 Å². The molecule has 0 fully saturated rings. The second-order valence-electron chi connectivity index (χ2n) is 4.82. The van der Waals surface area contributed by atoms with Crippen LogP contribution < -0.4 is 0 Å². The van der Waals surface area contributed by atoms with Crippen LogP contribution in [-0.2, 0) is 10.0 Å². The number of rotatable bonds is 4. The Morgan fingerprint density at radius 3 is 2.25 bits per heavy atom. The van der Waals surface area contributed by atoms with Crippen molar-refractivity contribution in [2.75, 3.05) is 0 Å². The first-order valence-electron chi connectivity index (χ1n) is 6.65. The Morgan fingerprint density at radius 1 is 1.04 bits per heavy atom. The van der Waals surface area contributed by atoms with Gasteiger partial charge in [0.2, 0.25) is 0 Å². The fraction of sp³-hybridized carbons (Fsp3) is 0. The summed E-state index contributed by atoms with van der Waals surface area (Å²) < 4.78 is 26.7. The molecule has 0 spiro atoms. The Bertz CT molecular complexity index is 996. The van der Waals surface area contributed by atoms with Gasteiger partial charge in [-0.2, -0.15) is 8.42 Å². The van der Waals surface area contributed by atoms with E-state index in [4.69, 9.17) is 5.11 Å². The monoisotopic (exact) mass is 407 g/mol. The largest absolute Gasteiger partial charge is 0.478 e. The van der Waals surface area contributed by atoms with Crippen molar-refractivity contribution in [2.24, 2.45) is 0 Å². The molecule has 0 aliphatic carbocycles. The fourth-order valence-corrected chi connectivity index (χ4v) is 3.33. The Balaban J connectivity index is 1.96. The van der Waals surface area contributed by atoms with E-state index in [2.05, 4.69) is 26.2 Å². The van der Waals surface area contributed by atoms with Gasteiger partial charge in [-0.1, -0.05) is 33.3 Å². The second kappa shape index (κ2) is 6.17. The molecule has 3 rings (SSSR count). The summed E-state index contributed by atoms with van der Waals surface area (Å²) in [5.74, 6) is -1.13. The van der Waals surface area contributed by atoms with E-state index in [9.17, 15) is 13.2 Å². The summed E-state index contributed by atoms with van der Waals surface area (Å²) >= 11 is 3.32. The van der Waals surface area contributed by atoms with Crippen molar-refractivity contribution in [3.8, 4) is 11.3 Å². The summed E-state index contributed by atoms with van der Waals surface area (Å²) in [6.07, 6.45) is 1.31. The maximum absolute atomic E-state index is 12.5. The lowest BCUT2D eigenvalue weighted by Gasteiger charge is -2.03. The third-order valence-electron chi connectivity index (χ3n) is 3.26. The van der Waals surface area contributed by atoms with Gasteiger partial charge in [0.1, 0.15) is 5.69 Å². The normalized spacial score (nSPS) is 11.4. The zero-order valence-electron chi connectivity index (χ0n) is 12.0. The van der Waals surface area contributed by atoms with Crippen molar-refractivity contribution in [1.82, 2.24) is 14.4 Å². The minimum Gasteiger partial charge on any atom is -0.478 e. The predicted molar refractivity (Wildman–Crippen MR) is 89.1 cm³/mol. The molecule has 1 aromatic heterocycles. The fourth-order valence-electron chi connectivity index (χ4n) is 2.00. The summed E-state index contributed by atoms with van der Waals surface area (Å²) in [5, 5.41) is 16.4. The Hall–Kier alpha value is -2.52. The highest BCUT2D eigenvalue weighted by molar-refractivity contribution is 9.10. The molecule has 3 aromatic rings. The molecule has 0 aliphatic heterocycles. The molecule has 0 radical (unpaired) electrons. The van der Waals surface area contributed by atoms with Crippen molar-refractivity contribution >= 4 is 31.9 Å². The molecule has 9 heteroatoms. The molecule has 24 heavy (non-hydrogen) atoms. The number of hydrogen-bond acceptors (Lipinski definition) is 5. The van der Waals surface area contributed by atoms with E-state index in [1.807, 2.05) is 12.1 Å². The van der Waals surface area contributed by atoms with Crippen molar-refractivity contribution in [2.45, 2.75) is 4.90 Å². The lowest BCUT2D eigenvalue weighted by Crippen LogP contribution is -2.14. The zero-order chi connectivity index (χ0) is 17.3. The molecule has 0 aliphatic rings. The molecule has 122 valence electrons. The number of carboxylic acid groups (broad SMARTS) is 1. The highest BCUT2D eigenvalue weighted by Crippen LogP contribution is 2.21. The first-order chi connectivity index (χ1) is 11.4. The minimum absolute atomic E-state index is 0.00286. The first-order valence-corrected chi connectivity index (χ1v) is 8.88. The first kappa shape index (κ1) is 16.3. The van der Waals surface area contributed by atoms with Gasteiger partial charge in [-0.3, -0.25) is 0 Å². The molecule has 0 unspecified atom stereocenters. The predicted octanol–water partition coefficient (Wildman–Crippen LogP) is 2.64. The van der Waals surface area contributed by atoms with Gasteiger partial charge >= 0.3 is 5.97 Å². The van der Waals surface area contributed by atoms with Crippen LogP contribution in [0.2, 0.25) is 0 Å². The van der Waals surface area contributed by atoms with E-state index in [-0.39, 0.29) is 10.5 Å². The highest BCUT2D eigenvalue weighted by atomic mass is 79.9. The molecule has 0 atom stereocenters. The van der Waals surface area contributed by atoms with Crippen LogP contribution in [0.4, 0.5) is 0 Å². The third kappa shape index (κ3) is 3.08. The van der Waals surface area contributed by atoms with Crippen molar-refractivity contribution < 1.29 is 18.3 Å². The molecule has 0 bridgehead atoms. The van der Waals surface area contributed by atoms with E-state index in [1.54, 1.807) is 12.1 Å². The molecule has 1 heterocycles. The van der Waals surface area contributed by atoms with Crippen LogP contribution in [0.15, 0.2) is 64.1 Å². The van der Waals surface area contributed by atoms with Crippen LogP contribution in [0.3, 0.4) is 0 Å². The quantitative estimate of drug-likeness (QED) is 0.712. The molecule has 2 aromatic carbocycles. The molecule has 0 saturated carbocycles. The Labute approximate surface area is 145 Å². The van der Waals surface area contributed by atoms with Crippen LogP contribution in [0.1, 0.15) is 10.4 Å². The number of benzene rings is 2. The molecule has 0 amide bonds. The summed E-state index contributed by atoms with van der Waals surface area (Å²) in [6.45, 7) is 0. The average molecular weight is 408 g/mol. The van der Waals surface area contributed by atoms with Crippen LogP contribution in [0.5, 0.6) is 0 Å². The summed E-state index contributed by atoms with van der Waals surface area (Å²) in [7, 11) is -3.94. The summed E-state index contributed by atoms with van der Waals surface area (Å²) in [5.41, 5.74) is 1.14. The number of nitrogens with zero attached hydrogens (tertiary/aromatic N) is 3. The lowest BCUT2D eigenvalue weighted by atomic mass is 10.2. The molecule has 1 N–H and O–H groups in total. The van der Waals surface area contributed by atoms with Gasteiger partial charge < -0.3 is 5.11 Å². The SMILES string of the molecule is O=C(O)c1ccc(S(=O)(=O)n2cc(-c3ccc(Br)cc3)nn2)cc1. The van der Waals surface area contributed by atoms with E-state index in [1.165, 1.54) is 30.5 Å². The molecule has 0 saturated heterocycles. The van der Waals surface area contributed by atoms with Gasteiger partial charge in [-0.25, -0.2) is 4.79 Å². The van der Waals surface area contributed by atoms with E-state index >= 15 is 0 Å². The zero-order valence-corrected chi connectivity index (χ0v) is 14.4. The smallest absolute Gasteiger partial charge is 0.335 e. The number of carbonyl (C=O) groups is 1. The molecular formula is C15H10BrN3O4S. The number of aromatic carboxylic acids is 1. The number of halogens is 1. The minimum atomic E-state index is -3.94. The van der Waals surface area contributed by atoms with Gasteiger partial charge in [0.15, 0.2) is 0 Å². The van der Waals surface area contributed by atoms with Gasteiger partial charge in [-0.15, -0.1) is 9.19 Å². The summed E-state index contributed by atoms with van der Waals surface area (Å²) in [4.78, 5) is 10.8. The maximum atomic E-state index is 12.5. The molecular weight excluding hydrogens is 398 g/mol. The van der Waals surface area contributed by atoms with Crippen LogP contribution in [-0.4, -0.2) is 33.9 Å². The number of hydrogen-bond donors (Lipinski definition) is 1. The van der Waals surface area contributed by atoms with Crippen molar-refractivity contribution in [3.63, 3.8) is 0 Å². The molecule has 7 nitrogen and oxygen atoms in total. The van der Waals surface area contributed by atoms with Gasteiger partial charge in [0.05, 0.1) is 16.7 Å². The van der Waals surface area contributed by atoms with Crippen molar-refractivity contribution in [3.05, 3.63) is 64.8 Å². The Morgan fingerprint density at radius 2 is 1.67 bits per heavy atom. The van der Waals surface area contributed by atoms with E-state index in [0.717, 1.165) is 14.1 Å². The topological polar surface area (TPSA) is 102 Å². The van der Waals surface area contributed by atoms with Gasteiger partial charge in [-0.05, 0) is 36.4 Å². The number of carboxylic acids is 1. The lowest BCUT2D eigenvalue weighted by molar-refractivity contribution is 0.0696. The van der Waals surface area contributed by atoms with E-state index < -0.39 is 16.0 Å². The standard InChI is InChI=1S/C15H10BrN3O4S/c16-12-5-1-10(2-6-12)14-9-19(18-17-14)24(22,23)13-7-3-11(4-8-13)15(20)21/h1-9H,(H,20,21). The van der Waals surface area contributed by atoms with Crippen LogP contribution in [0.25, 0.3) is 11.3 Å². The van der Waals surface area contributed by atoms with Crippen LogP contribution in [0, 0.1) is 0 Å². The highest BCUT2D eigenvalue weighted by Gasteiger charge is 2.20. The Kier molecular flexibility index (Phi) is 4.20. The van der Waals surface area contributed by atoms with E-state index in [0.29, 0.717) is 5.69 Å². The second-order valence-corrected chi connectivity index (χ2v) is 7.53. The summed E-state index contributed by atoms with van der Waals surface area (Å²) in [6, 6.07) is 12.1. The average Bonchev–Trinajstić information content (AvgIpc) is 3.06. The maximum Gasteiger partial charge on any atom is 0.335 e.